The van der Waals surface area contributed by atoms with Crippen LogP contribution < -0.4 is 0 Å². The van der Waals surface area contributed by atoms with Crippen molar-refractivity contribution in [2.75, 3.05) is 67.5 Å². The van der Waals surface area contributed by atoms with Crippen LogP contribution in [0.15, 0.2) is 36.7 Å². The van der Waals surface area contributed by atoms with E-state index in [0.29, 0.717) is 24.2 Å². The van der Waals surface area contributed by atoms with E-state index in [4.69, 9.17) is 0 Å². The first-order chi connectivity index (χ1) is 19.0. The van der Waals surface area contributed by atoms with Gasteiger partial charge in [0, 0.05) is 38.3 Å². The Labute approximate surface area is 236 Å². The summed E-state index contributed by atoms with van der Waals surface area (Å²) >= 11 is 0. The average molecular weight is 551 g/mol. The van der Waals surface area contributed by atoms with Gasteiger partial charge in [0.15, 0.2) is 11.4 Å². The molecule has 1 aromatic carbocycles. The fourth-order valence-corrected chi connectivity index (χ4v) is 5.61. The second-order valence-corrected chi connectivity index (χ2v) is 12.2. The van der Waals surface area contributed by atoms with Gasteiger partial charge in [0.2, 0.25) is 0 Å². The van der Waals surface area contributed by atoms with Gasteiger partial charge in [-0.1, -0.05) is 12.1 Å². The third kappa shape index (κ3) is 6.79. The van der Waals surface area contributed by atoms with E-state index in [1.165, 1.54) is 22.2 Å². The number of aromatic nitrogens is 2. The molecule has 0 bridgehead atoms. The Hall–Kier alpha value is -3.50. The molecule has 10 nitrogen and oxygen atoms in total. The number of carbonyl (C=O) groups is 4. The second-order valence-electron chi connectivity index (χ2n) is 12.2. The van der Waals surface area contributed by atoms with E-state index in [0.717, 1.165) is 73.7 Å². The summed E-state index contributed by atoms with van der Waals surface area (Å²) < 4.78 is 1.71. The SMILES string of the molecule is C[N+](C)(CCCCCC[N+](C)(C)CCCN1C(=O)c2nccnc2C1=O)CCCN1C(=O)c2ccccc2C1=O. The standard InChI is InChI=1S/C30H42N6O4/c1-35(2,21-11-17-33-27(37)23-13-7-8-14-24(23)28(33)38)19-9-5-6-10-20-36(3,4)22-12-18-34-29(39)25-26(30(34)40)32-16-15-31-25/h7-8,13-16H,5-6,9-12,17-22H2,1-4H3/q+2. The molecule has 0 atom stereocenters. The quantitative estimate of drug-likeness (QED) is 0.192. The molecule has 4 amide bonds. The minimum Gasteiger partial charge on any atom is -0.328 e. The molecule has 2 aromatic rings. The molecule has 2 aliphatic rings. The monoisotopic (exact) mass is 550 g/mol. The van der Waals surface area contributed by atoms with Gasteiger partial charge in [-0.2, -0.15) is 0 Å². The van der Waals surface area contributed by atoms with Crippen molar-refractivity contribution in [3.05, 3.63) is 59.2 Å². The van der Waals surface area contributed by atoms with Crippen LogP contribution in [0, 0.1) is 0 Å². The minimum absolute atomic E-state index is 0.158. The minimum atomic E-state index is -0.344. The van der Waals surface area contributed by atoms with Crippen LogP contribution in [0.25, 0.3) is 0 Å². The first-order valence-electron chi connectivity index (χ1n) is 14.3. The molecule has 1 aromatic heterocycles. The molecule has 2 aliphatic heterocycles. The zero-order chi connectivity index (χ0) is 28.9. The number of amides is 4. The lowest BCUT2D eigenvalue weighted by atomic mass is 10.1. The van der Waals surface area contributed by atoms with Crippen molar-refractivity contribution >= 4 is 23.6 Å². The molecule has 40 heavy (non-hydrogen) atoms. The number of hydrogen-bond donors (Lipinski definition) is 0. The van der Waals surface area contributed by atoms with Gasteiger partial charge in [-0.25, -0.2) is 9.97 Å². The number of carbonyl (C=O) groups excluding carboxylic acids is 4. The molecule has 0 N–H and O–H groups in total. The van der Waals surface area contributed by atoms with Crippen LogP contribution in [-0.2, 0) is 0 Å². The number of quaternary nitrogens is 2. The highest BCUT2D eigenvalue weighted by molar-refractivity contribution is 6.21. The number of imide groups is 2. The van der Waals surface area contributed by atoms with E-state index in [1.54, 1.807) is 24.3 Å². The van der Waals surface area contributed by atoms with Gasteiger partial charge in [0.25, 0.3) is 23.6 Å². The maximum atomic E-state index is 12.6. The smallest absolute Gasteiger partial charge is 0.281 e. The first kappa shape index (κ1) is 29.5. The van der Waals surface area contributed by atoms with Crippen molar-refractivity contribution < 1.29 is 28.1 Å². The molecule has 0 saturated heterocycles. The summed E-state index contributed by atoms with van der Waals surface area (Å²) in [5, 5.41) is 0. The summed E-state index contributed by atoms with van der Waals surface area (Å²) in [6, 6.07) is 7.04. The third-order valence-corrected chi connectivity index (χ3v) is 8.04. The molecule has 0 radical (unpaired) electrons. The summed E-state index contributed by atoms with van der Waals surface area (Å²) in [6.07, 6.45) is 8.99. The lowest BCUT2D eigenvalue weighted by Crippen LogP contribution is -2.43. The van der Waals surface area contributed by atoms with E-state index < -0.39 is 0 Å². The topological polar surface area (TPSA) is 101 Å². The van der Waals surface area contributed by atoms with Crippen LogP contribution in [0.5, 0.6) is 0 Å². The van der Waals surface area contributed by atoms with Gasteiger partial charge in [-0.05, 0) is 37.8 Å². The van der Waals surface area contributed by atoms with Crippen molar-refractivity contribution in [1.29, 1.82) is 0 Å². The van der Waals surface area contributed by atoms with Crippen molar-refractivity contribution in [1.82, 2.24) is 19.8 Å². The average Bonchev–Trinajstić information content (AvgIpc) is 3.31. The summed E-state index contributed by atoms with van der Waals surface area (Å²) in [6.45, 7) is 4.75. The lowest BCUT2D eigenvalue weighted by molar-refractivity contribution is -0.891. The van der Waals surface area contributed by atoms with Crippen LogP contribution in [0.4, 0.5) is 0 Å². The molecule has 214 valence electrons. The molecule has 10 heteroatoms. The largest absolute Gasteiger partial charge is 0.328 e. The zero-order valence-corrected chi connectivity index (χ0v) is 24.3. The molecule has 0 saturated carbocycles. The number of rotatable bonds is 15. The predicted molar refractivity (Wildman–Crippen MR) is 151 cm³/mol. The Bertz CT molecular complexity index is 1110. The maximum absolute atomic E-state index is 12.6. The predicted octanol–water partition coefficient (Wildman–Crippen LogP) is 2.86. The Kier molecular flexibility index (Phi) is 9.10. The van der Waals surface area contributed by atoms with E-state index in [9.17, 15) is 19.2 Å². The summed E-state index contributed by atoms with van der Waals surface area (Å²) in [5.74, 6) is -1.04. The summed E-state index contributed by atoms with van der Waals surface area (Å²) in [7, 11) is 8.81. The van der Waals surface area contributed by atoms with E-state index in [1.807, 2.05) is 0 Å². The van der Waals surface area contributed by atoms with Crippen LogP contribution in [0.2, 0.25) is 0 Å². The molecule has 0 spiro atoms. The first-order valence-corrected chi connectivity index (χ1v) is 14.3. The van der Waals surface area contributed by atoms with Crippen molar-refractivity contribution in [2.24, 2.45) is 0 Å². The molecule has 0 fully saturated rings. The fraction of sp³-hybridized carbons (Fsp3) is 0.533. The molecule has 0 unspecified atom stereocenters. The highest BCUT2D eigenvalue weighted by atomic mass is 16.2. The highest BCUT2D eigenvalue weighted by Crippen LogP contribution is 2.23. The fourth-order valence-electron chi connectivity index (χ4n) is 5.61. The number of fused-ring (bicyclic) bond motifs is 2. The molecular formula is C30H42N6O4+2. The Morgan fingerprint density at radius 2 is 0.925 bits per heavy atom. The summed E-state index contributed by atoms with van der Waals surface area (Å²) in [5.41, 5.74) is 1.35. The molecular weight excluding hydrogens is 508 g/mol. The maximum Gasteiger partial charge on any atom is 0.281 e. The van der Waals surface area contributed by atoms with Crippen LogP contribution in [-0.4, -0.2) is 120 Å². The second kappa shape index (κ2) is 12.3. The van der Waals surface area contributed by atoms with Gasteiger partial charge in [-0.3, -0.25) is 29.0 Å². The number of unbranched alkanes of at least 4 members (excludes halogenated alkanes) is 3. The van der Waals surface area contributed by atoms with Crippen LogP contribution in [0.1, 0.15) is 80.2 Å². The van der Waals surface area contributed by atoms with Gasteiger partial charge in [0.05, 0.1) is 65.5 Å². The van der Waals surface area contributed by atoms with Gasteiger partial charge < -0.3 is 8.97 Å². The number of benzene rings is 1. The van der Waals surface area contributed by atoms with Gasteiger partial charge in [-0.15, -0.1) is 0 Å². The normalized spacial score (nSPS) is 15.3. The van der Waals surface area contributed by atoms with E-state index >= 15 is 0 Å². The Morgan fingerprint density at radius 1 is 0.550 bits per heavy atom. The van der Waals surface area contributed by atoms with Crippen LogP contribution >= 0.6 is 0 Å². The highest BCUT2D eigenvalue weighted by Gasteiger charge is 2.38. The Morgan fingerprint density at radius 3 is 1.35 bits per heavy atom. The number of nitrogens with zero attached hydrogens (tertiary/aromatic N) is 6. The van der Waals surface area contributed by atoms with Crippen molar-refractivity contribution in [2.45, 2.75) is 38.5 Å². The molecule has 3 heterocycles. The molecule has 4 rings (SSSR count). The van der Waals surface area contributed by atoms with Crippen molar-refractivity contribution in [3.8, 4) is 0 Å². The lowest BCUT2D eigenvalue weighted by Gasteiger charge is -2.31. The van der Waals surface area contributed by atoms with E-state index in [2.05, 4.69) is 38.2 Å². The third-order valence-electron chi connectivity index (χ3n) is 8.04. The van der Waals surface area contributed by atoms with Gasteiger partial charge in [0.1, 0.15) is 0 Å². The summed E-state index contributed by atoms with van der Waals surface area (Å²) in [4.78, 5) is 60.7. The van der Waals surface area contributed by atoms with E-state index in [-0.39, 0.29) is 35.0 Å². The zero-order valence-electron chi connectivity index (χ0n) is 24.3. The van der Waals surface area contributed by atoms with Crippen LogP contribution in [0.3, 0.4) is 0 Å². The van der Waals surface area contributed by atoms with Gasteiger partial charge >= 0.3 is 0 Å². The van der Waals surface area contributed by atoms with Crippen molar-refractivity contribution in [3.63, 3.8) is 0 Å². The Balaban J connectivity index is 1.07. The number of hydrogen-bond acceptors (Lipinski definition) is 6. The molecule has 0 aliphatic carbocycles.